The number of phenolic OH excluding ortho intramolecular Hbond substituents is 2. The van der Waals surface area contributed by atoms with E-state index in [-0.39, 0.29) is 29.2 Å². The molecule has 0 bridgehead atoms. The minimum absolute atomic E-state index is 0.0904. The molecule has 0 heterocycles. The first-order chi connectivity index (χ1) is 15.8. The monoisotopic (exact) mass is 448 g/mol. The Labute approximate surface area is 188 Å². The fourth-order valence-corrected chi connectivity index (χ4v) is 3.51. The van der Waals surface area contributed by atoms with Gasteiger partial charge in [-0.3, -0.25) is 0 Å². The summed E-state index contributed by atoms with van der Waals surface area (Å²) in [6.45, 7) is 0. The van der Waals surface area contributed by atoms with Crippen molar-refractivity contribution in [2.75, 3.05) is 0 Å². The van der Waals surface area contributed by atoms with Crippen molar-refractivity contribution < 1.29 is 28.1 Å². The quantitative estimate of drug-likeness (QED) is 0.359. The lowest BCUT2D eigenvalue weighted by atomic mass is 9.97. The molecule has 0 saturated carbocycles. The highest BCUT2D eigenvalue weighted by Crippen LogP contribution is 2.37. The fourth-order valence-electron chi connectivity index (χ4n) is 3.51. The number of fused-ring (bicyclic) bond motifs is 1. The third kappa shape index (κ3) is 5.58. The van der Waals surface area contributed by atoms with Crippen molar-refractivity contribution in [1.82, 2.24) is 0 Å². The van der Waals surface area contributed by atoms with Crippen molar-refractivity contribution in [1.29, 1.82) is 0 Å². The maximum absolute atomic E-state index is 12.3. The van der Waals surface area contributed by atoms with Gasteiger partial charge in [0.05, 0.1) is 0 Å². The van der Waals surface area contributed by atoms with Crippen molar-refractivity contribution in [3.8, 4) is 29.1 Å². The molecule has 33 heavy (non-hydrogen) atoms. The standard InChI is InChI=1S/C27H19F3O3/c28-27(29,30)33-22-13-10-20(11-14-22)16-24-25(31)17-21-12-9-19(15-23(21)26(24)32)8-4-7-18-5-2-1-3-6-18/h1-3,5-6,9-15,17,31-32H,7,16H2. The Morgan fingerprint density at radius 1 is 0.818 bits per heavy atom. The lowest BCUT2D eigenvalue weighted by Crippen LogP contribution is -2.17. The molecule has 2 N–H and O–H groups in total. The van der Waals surface area contributed by atoms with Crippen molar-refractivity contribution in [3.63, 3.8) is 0 Å². The summed E-state index contributed by atoms with van der Waals surface area (Å²) in [6, 6.07) is 22.0. The van der Waals surface area contributed by atoms with E-state index in [2.05, 4.69) is 16.6 Å². The van der Waals surface area contributed by atoms with Gasteiger partial charge in [-0.2, -0.15) is 0 Å². The summed E-state index contributed by atoms with van der Waals surface area (Å²) in [5, 5.41) is 22.5. The van der Waals surface area contributed by atoms with Crippen LogP contribution in [0.1, 0.15) is 22.3 Å². The van der Waals surface area contributed by atoms with Crippen LogP contribution in [0.4, 0.5) is 13.2 Å². The van der Waals surface area contributed by atoms with Crippen LogP contribution in [0.2, 0.25) is 0 Å². The van der Waals surface area contributed by atoms with Crippen LogP contribution in [0.5, 0.6) is 17.2 Å². The van der Waals surface area contributed by atoms with E-state index >= 15 is 0 Å². The van der Waals surface area contributed by atoms with Gasteiger partial charge in [0.15, 0.2) is 0 Å². The molecule has 0 fully saturated rings. The molecule has 0 unspecified atom stereocenters. The normalized spacial score (nSPS) is 11.1. The molecular formula is C27H19F3O3. The Balaban J connectivity index is 1.59. The molecule has 4 aromatic carbocycles. The van der Waals surface area contributed by atoms with Crippen LogP contribution in [0.25, 0.3) is 10.8 Å². The van der Waals surface area contributed by atoms with Crippen LogP contribution in [-0.2, 0) is 12.8 Å². The molecule has 0 aliphatic heterocycles. The van der Waals surface area contributed by atoms with Gasteiger partial charge in [-0.05, 0) is 46.8 Å². The summed E-state index contributed by atoms with van der Waals surface area (Å²) in [5.74, 6) is 5.68. The van der Waals surface area contributed by atoms with Gasteiger partial charge in [-0.1, -0.05) is 60.4 Å². The Hall–Kier alpha value is -4.11. The van der Waals surface area contributed by atoms with Crippen molar-refractivity contribution in [3.05, 3.63) is 101 Å². The van der Waals surface area contributed by atoms with Gasteiger partial charge >= 0.3 is 6.36 Å². The Morgan fingerprint density at radius 3 is 2.24 bits per heavy atom. The number of phenols is 2. The minimum atomic E-state index is -4.77. The van der Waals surface area contributed by atoms with Crippen LogP contribution in [0.15, 0.2) is 78.9 Å². The van der Waals surface area contributed by atoms with E-state index in [9.17, 15) is 23.4 Å². The first-order valence-electron chi connectivity index (χ1n) is 10.1. The van der Waals surface area contributed by atoms with E-state index in [1.165, 1.54) is 24.3 Å². The number of ether oxygens (including phenoxy) is 1. The Bertz CT molecular complexity index is 1330. The molecular weight excluding hydrogens is 429 g/mol. The van der Waals surface area contributed by atoms with Crippen LogP contribution in [0.3, 0.4) is 0 Å². The molecule has 3 nitrogen and oxygen atoms in total. The van der Waals surface area contributed by atoms with E-state index in [1.54, 1.807) is 18.2 Å². The summed E-state index contributed by atoms with van der Waals surface area (Å²) in [6.07, 6.45) is -4.04. The largest absolute Gasteiger partial charge is 0.573 e. The van der Waals surface area contributed by atoms with Gasteiger partial charge in [0.25, 0.3) is 0 Å². The van der Waals surface area contributed by atoms with E-state index < -0.39 is 6.36 Å². The van der Waals surface area contributed by atoms with Crippen molar-refractivity contribution >= 4 is 10.8 Å². The Kier molecular flexibility index (Phi) is 6.14. The molecule has 0 atom stereocenters. The number of aromatic hydroxyl groups is 2. The highest BCUT2D eigenvalue weighted by Gasteiger charge is 2.31. The second-order valence-corrected chi connectivity index (χ2v) is 7.49. The second kappa shape index (κ2) is 9.17. The number of alkyl halides is 3. The number of hydrogen-bond donors (Lipinski definition) is 2. The summed E-state index contributed by atoms with van der Waals surface area (Å²) < 4.78 is 40.9. The average molecular weight is 448 g/mol. The summed E-state index contributed by atoms with van der Waals surface area (Å²) >= 11 is 0. The molecule has 0 aliphatic rings. The zero-order valence-corrected chi connectivity index (χ0v) is 17.4. The molecule has 166 valence electrons. The highest BCUT2D eigenvalue weighted by molar-refractivity contribution is 5.92. The van der Waals surface area contributed by atoms with E-state index in [0.717, 1.165) is 11.1 Å². The molecule has 0 spiro atoms. The maximum Gasteiger partial charge on any atom is 0.573 e. The maximum atomic E-state index is 12.3. The topological polar surface area (TPSA) is 49.7 Å². The molecule has 0 aromatic heterocycles. The van der Waals surface area contributed by atoms with Gasteiger partial charge in [-0.25, -0.2) is 0 Å². The number of rotatable bonds is 4. The van der Waals surface area contributed by atoms with Gasteiger partial charge < -0.3 is 14.9 Å². The number of benzene rings is 4. The lowest BCUT2D eigenvalue weighted by molar-refractivity contribution is -0.274. The molecule has 0 radical (unpaired) electrons. The smallest absolute Gasteiger partial charge is 0.507 e. The first kappa shape index (κ1) is 22.1. The van der Waals surface area contributed by atoms with E-state index in [1.807, 2.05) is 36.4 Å². The number of hydrogen-bond acceptors (Lipinski definition) is 3. The predicted octanol–water partition coefficient (Wildman–Crippen LogP) is 6.33. The molecule has 4 rings (SSSR count). The third-order valence-corrected chi connectivity index (χ3v) is 5.10. The zero-order chi connectivity index (χ0) is 23.4. The van der Waals surface area contributed by atoms with Crippen LogP contribution < -0.4 is 4.74 Å². The average Bonchev–Trinajstić information content (AvgIpc) is 2.78. The molecule has 0 aliphatic carbocycles. The lowest BCUT2D eigenvalue weighted by Gasteiger charge is -2.12. The van der Waals surface area contributed by atoms with Gasteiger partial charge in [-0.15, -0.1) is 13.2 Å². The zero-order valence-electron chi connectivity index (χ0n) is 17.4. The molecule has 6 heteroatoms. The fraction of sp³-hybridized carbons (Fsp3) is 0.111. The van der Waals surface area contributed by atoms with Crippen LogP contribution in [-0.4, -0.2) is 16.6 Å². The van der Waals surface area contributed by atoms with Gasteiger partial charge in [0, 0.05) is 29.4 Å². The molecule has 0 saturated heterocycles. The minimum Gasteiger partial charge on any atom is -0.507 e. The molecule has 4 aromatic rings. The second-order valence-electron chi connectivity index (χ2n) is 7.49. The van der Waals surface area contributed by atoms with Crippen molar-refractivity contribution in [2.24, 2.45) is 0 Å². The summed E-state index contributed by atoms with van der Waals surface area (Å²) in [5.41, 5.74) is 2.71. The first-order valence-corrected chi connectivity index (χ1v) is 10.1. The van der Waals surface area contributed by atoms with Gasteiger partial charge in [0.2, 0.25) is 0 Å². The third-order valence-electron chi connectivity index (χ3n) is 5.10. The van der Waals surface area contributed by atoms with Crippen LogP contribution >= 0.6 is 0 Å². The van der Waals surface area contributed by atoms with E-state index in [4.69, 9.17) is 0 Å². The SMILES string of the molecule is Oc1cc2ccc(C#CCc3ccccc3)cc2c(O)c1Cc1ccc(OC(F)(F)F)cc1. The van der Waals surface area contributed by atoms with Gasteiger partial charge in [0.1, 0.15) is 17.2 Å². The molecule has 0 amide bonds. The summed E-state index contributed by atoms with van der Waals surface area (Å²) in [4.78, 5) is 0. The van der Waals surface area contributed by atoms with Crippen LogP contribution in [0, 0.1) is 11.8 Å². The Morgan fingerprint density at radius 2 is 1.55 bits per heavy atom. The number of halogens is 3. The highest BCUT2D eigenvalue weighted by atomic mass is 19.4. The predicted molar refractivity (Wildman–Crippen MR) is 120 cm³/mol. The summed E-state index contributed by atoms with van der Waals surface area (Å²) in [7, 11) is 0. The van der Waals surface area contributed by atoms with E-state index in [0.29, 0.717) is 22.8 Å². The van der Waals surface area contributed by atoms with Crippen molar-refractivity contribution in [2.45, 2.75) is 19.2 Å².